The number of para-hydroxylation sites is 1. The van der Waals surface area contributed by atoms with E-state index in [1.807, 2.05) is 24.3 Å². The molecule has 136 valence electrons. The number of aliphatic hydroxyl groups excluding tert-OH is 1. The van der Waals surface area contributed by atoms with E-state index in [-0.39, 0.29) is 18.3 Å². The highest BCUT2D eigenvalue weighted by Crippen LogP contribution is 2.31. The van der Waals surface area contributed by atoms with E-state index in [2.05, 4.69) is 9.72 Å². The van der Waals surface area contributed by atoms with Crippen molar-refractivity contribution in [2.24, 2.45) is 0 Å². The first-order valence-corrected chi connectivity index (χ1v) is 8.27. The Hall–Kier alpha value is -2.31. The van der Waals surface area contributed by atoms with Gasteiger partial charge in [0.1, 0.15) is 5.75 Å². The van der Waals surface area contributed by atoms with Crippen LogP contribution in [0.2, 0.25) is 5.02 Å². The molecule has 0 amide bonds. The summed E-state index contributed by atoms with van der Waals surface area (Å²) in [6.07, 6.45) is -4.36. The molecule has 1 heterocycles. The lowest BCUT2D eigenvalue weighted by molar-refractivity contribution is -0.274. The Balaban J connectivity index is 1.95. The van der Waals surface area contributed by atoms with Gasteiger partial charge in [-0.3, -0.25) is 4.98 Å². The number of hydrogen-bond acceptors (Lipinski definition) is 3. The van der Waals surface area contributed by atoms with E-state index in [4.69, 9.17) is 11.6 Å². The van der Waals surface area contributed by atoms with E-state index in [1.54, 1.807) is 18.2 Å². The van der Waals surface area contributed by atoms with Crippen molar-refractivity contribution in [3.8, 4) is 5.75 Å². The zero-order valence-electron chi connectivity index (χ0n) is 13.5. The molecule has 0 radical (unpaired) electrons. The van der Waals surface area contributed by atoms with Gasteiger partial charge in [0.2, 0.25) is 0 Å². The summed E-state index contributed by atoms with van der Waals surface area (Å²) in [5, 5.41) is 10.8. The molecule has 1 unspecified atom stereocenters. The minimum Gasteiger partial charge on any atom is -0.406 e. The quantitative estimate of drug-likeness (QED) is 0.652. The predicted octanol–water partition coefficient (Wildman–Crippen LogP) is 5.30. The Morgan fingerprint density at radius 1 is 1.04 bits per heavy atom. The van der Waals surface area contributed by atoms with Crippen molar-refractivity contribution in [2.45, 2.75) is 18.7 Å². The number of rotatable bonds is 5. The van der Waals surface area contributed by atoms with Crippen LogP contribution in [0.3, 0.4) is 0 Å². The molecule has 1 N–H and O–H groups in total. The van der Waals surface area contributed by atoms with E-state index < -0.39 is 6.36 Å². The van der Waals surface area contributed by atoms with E-state index >= 15 is 0 Å². The number of ether oxygens (including phenoxy) is 1. The molecule has 0 aliphatic heterocycles. The molecule has 3 aromatic rings. The Bertz CT molecular complexity index is 897. The van der Waals surface area contributed by atoms with E-state index in [1.165, 1.54) is 12.1 Å². The largest absolute Gasteiger partial charge is 0.573 e. The van der Waals surface area contributed by atoms with Gasteiger partial charge in [-0.25, -0.2) is 0 Å². The number of pyridine rings is 1. The second-order valence-corrected chi connectivity index (χ2v) is 6.14. The lowest BCUT2D eigenvalue weighted by Crippen LogP contribution is -2.17. The molecule has 3 nitrogen and oxygen atoms in total. The highest BCUT2D eigenvalue weighted by atomic mass is 35.5. The van der Waals surface area contributed by atoms with Gasteiger partial charge in [-0.1, -0.05) is 41.9 Å². The topological polar surface area (TPSA) is 42.4 Å². The number of aliphatic hydroxyl groups is 1. The van der Waals surface area contributed by atoms with Crippen LogP contribution in [0.5, 0.6) is 5.75 Å². The number of aromatic nitrogens is 1. The fourth-order valence-electron chi connectivity index (χ4n) is 2.84. The number of halogens is 4. The van der Waals surface area contributed by atoms with Crippen molar-refractivity contribution in [3.63, 3.8) is 0 Å². The highest BCUT2D eigenvalue weighted by Gasteiger charge is 2.31. The molecular weight excluding hydrogens is 367 g/mol. The van der Waals surface area contributed by atoms with Crippen LogP contribution in [-0.2, 0) is 0 Å². The number of hydrogen-bond donors (Lipinski definition) is 1. The average molecular weight is 382 g/mol. The van der Waals surface area contributed by atoms with E-state index in [9.17, 15) is 18.3 Å². The molecule has 3 rings (SSSR count). The van der Waals surface area contributed by atoms with Gasteiger partial charge < -0.3 is 9.84 Å². The Kier molecular flexibility index (Phi) is 5.34. The van der Waals surface area contributed by atoms with E-state index in [0.29, 0.717) is 22.7 Å². The molecule has 26 heavy (non-hydrogen) atoms. The molecule has 7 heteroatoms. The molecule has 1 atom stereocenters. The van der Waals surface area contributed by atoms with Crippen LogP contribution >= 0.6 is 11.6 Å². The van der Waals surface area contributed by atoms with Crippen molar-refractivity contribution in [2.75, 3.05) is 6.61 Å². The monoisotopic (exact) mass is 381 g/mol. The van der Waals surface area contributed by atoms with Crippen LogP contribution in [0, 0.1) is 0 Å². The van der Waals surface area contributed by atoms with Crippen molar-refractivity contribution in [3.05, 3.63) is 70.9 Å². The van der Waals surface area contributed by atoms with Crippen LogP contribution in [0.25, 0.3) is 10.9 Å². The summed E-state index contributed by atoms with van der Waals surface area (Å²) in [6, 6.07) is 14.8. The Morgan fingerprint density at radius 3 is 2.42 bits per heavy atom. The average Bonchev–Trinajstić information content (AvgIpc) is 2.59. The maximum Gasteiger partial charge on any atom is 0.573 e. The molecule has 0 fully saturated rings. The second kappa shape index (κ2) is 7.51. The third kappa shape index (κ3) is 4.26. The standard InChI is InChI=1S/C19H15ClF3NO2/c20-16-3-1-2-13-6-9-17(24-18(13)16)15(10-11-25)12-4-7-14(8-5-12)26-19(21,22)23/h1-9,15,25H,10-11H2. The summed E-state index contributed by atoms with van der Waals surface area (Å²) in [4.78, 5) is 4.60. The molecular formula is C19H15ClF3NO2. The minimum atomic E-state index is -4.73. The van der Waals surface area contributed by atoms with E-state index in [0.717, 1.165) is 10.9 Å². The second-order valence-electron chi connectivity index (χ2n) is 5.73. The first-order valence-electron chi connectivity index (χ1n) is 7.89. The number of alkyl halides is 3. The van der Waals surface area contributed by atoms with Gasteiger partial charge in [0.15, 0.2) is 0 Å². The molecule has 2 aromatic carbocycles. The van der Waals surface area contributed by atoms with Crippen LogP contribution in [0.15, 0.2) is 54.6 Å². The lowest BCUT2D eigenvalue weighted by atomic mass is 9.92. The molecule has 0 bridgehead atoms. The normalized spacial score (nSPS) is 13.0. The highest BCUT2D eigenvalue weighted by molar-refractivity contribution is 6.35. The molecule has 0 aliphatic rings. The third-order valence-electron chi connectivity index (χ3n) is 3.98. The number of benzene rings is 2. The van der Waals surface area contributed by atoms with Gasteiger partial charge >= 0.3 is 6.36 Å². The molecule has 1 aromatic heterocycles. The van der Waals surface area contributed by atoms with Gasteiger partial charge in [0.25, 0.3) is 0 Å². The van der Waals surface area contributed by atoms with Gasteiger partial charge in [-0.05, 0) is 36.2 Å². The van der Waals surface area contributed by atoms with Gasteiger partial charge in [0.05, 0.1) is 10.5 Å². The third-order valence-corrected chi connectivity index (χ3v) is 4.29. The summed E-state index contributed by atoms with van der Waals surface area (Å²) in [6.45, 7) is -0.0896. The Morgan fingerprint density at radius 2 is 1.77 bits per heavy atom. The van der Waals surface area contributed by atoms with Crippen LogP contribution in [0.1, 0.15) is 23.6 Å². The summed E-state index contributed by atoms with van der Waals surface area (Å²) < 4.78 is 40.8. The van der Waals surface area contributed by atoms with Crippen LogP contribution in [0.4, 0.5) is 13.2 Å². The fourth-order valence-corrected chi connectivity index (χ4v) is 3.06. The molecule has 0 spiro atoms. The summed E-state index contributed by atoms with van der Waals surface area (Å²) >= 11 is 6.20. The van der Waals surface area contributed by atoms with Crippen molar-refractivity contribution in [1.29, 1.82) is 0 Å². The van der Waals surface area contributed by atoms with Crippen molar-refractivity contribution in [1.82, 2.24) is 4.98 Å². The summed E-state index contributed by atoms with van der Waals surface area (Å²) in [5.74, 6) is -0.570. The zero-order chi connectivity index (χ0) is 18.7. The van der Waals surface area contributed by atoms with Crippen molar-refractivity contribution >= 4 is 22.5 Å². The van der Waals surface area contributed by atoms with Gasteiger partial charge in [-0.2, -0.15) is 0 Å². The van der Waals surface area contributed by atoms with Crippen LogP contribution in [-0.4, -0.2) is 23.1 Å². The molecule has 0 aliphatic carbocycles. The summed E-state index contributed by atoms with van der Waals surface area (Å²) in [5.41, 5.74) is 2.06. The lowest BCUT2D eigenvalue weighted by Gasteiger charge is -2.17. The molecule has 0 saturated carbocycles. The predicted molar refractivity (Wildman–Crippen MR) is 93.4 cm³/mol. The summed E-state index contributed by atoms with van der Waals surface area (Å²) in [7, 11) is 0. The first kappa shape index (κ1) is 18.5. The smallest absolute Gasteiger partial charge is 0.406 e. The van der Waals surface area contributed by atoms with Gasteiger partial charge in [0, 0.05) is 23.6 Å². The van der Waals surface area contributed by atoms with Crippen LogP contribution < -0.4 is 4.74 Å². The number of nitrogens with zero attached hydrogens (tertiary/aromatic N) is 1. The number of fused-ring (bicyclic) bond motifs is 1. The fraction of sp³-hybridized carbons (Fsp3) is 0.211. The maximum absolute atomic E-state index is 12.3. The SMILES string of the molecule is OCCC(c1ccc(OC(F)(F)F)cc1)c1ccc2cccc(Cl)c2n1. The van der Waals surface area contributed by atoms with Gasteiger partial charge in [-0.15, -0.1) is 13.2 Å². The molecule has 0 saturated heterocycles. The Labute approximate surface area is 153 Å². The maximum atomic E-state index is 12.3. The first-order chi connectivity index (χ1) is 12.4. The minimum absolute atomic E-state index is 0.0896. The zero-order valence-corrected chi connectivity index (χ0v) is 14.3. The van der Waals surface area contributed by atoms with Crippen molar-refractivity contribution < 1.29 is 23.0 Å².